The van der Waals surface area contributed by atoms with Crippen LogP contribution >= 0.6 is 24.8 Å². The van der Waals surface area contributed by atoms with Crippen LogP contribution in [0, 0.1) is 0 Å². The topological polar surface area (TPSA) is 62.8 Å². The van der Waals surface area contributed by atoms with E-state index in [1.54, 1.807) is 0 Å². The van der Waals surface area contributed by atoms with Crippen molar-refractivity contribution in [3.63, 3.8) is 0 Å². The van der Waals surface area contributed by atoms with E-state index in [1.165, 1.54) is 25.7 Å². The van der Waals surface area contributed by atoms with E-state index in [-0.39, 0.29) is 42.3 Å². The minimum Gasteiger partial charge on any atom is -0.381 e. The number of nitrogens with zero attached hydrogens (tertiary/aromatic N) is 1. The van der Waals surface area contributed by atoms with Gasteiger partial charge >= 0.3 is 0 Å². The second kappa shape index (κ2) is 11.7. The van der Waals surface area contributed by atoms with Crippen molar-refractivity contribution in [3.8, 4) is 0 Å². The molecule has 1 atom stereocenters. The van der Waals surface area contributed by atoms with Crippen molar-refractivity contribution in [2.24, 2.45) is 0 Å². The zero-order chi connectivity index (χ0) is 16.8. The molecule has 0 aromatic heterocycles. The minimum absolute atomic E-state index is 0. The molecule has 1 unspecified atom stereocenters. The summed E-state index contributed by atoms with van der Waals surface area (Å²) < 4.78 is 10.9. The molecule has 26 heavy (non-hydrogen) atoms. The predicted octanol–water partition coefficient (Wildman–Crippen LogP) is 1.75. The summed E-state index contributed by atoms with van der Waals surface area (Å²) >= 11 is 0. The molecule has 3 aliphatic rings. The number of likely N-dealkylation sites (tertiary alicyclic amines) is 1. The first-order valence-electron chi connectivity index (χ1n) is 9.57. The Hall–Kier alpha value is -0.110. The molecule has 154 valence electrons. The fraction of sp³-hybridized carbons (Fsp3) is 0.944. The van der Waals surface area contributed by atoms with Gasteiger partial charge in [-0.1, -0.05) is 12.8 Å². The van der Waals surface area contributed by atoms with Crippen molar-refractivity contribution in [1.29, 1.82) is 0 Å². The summed E-state index contributed by atoms with van der Waals surface area (Å²) in [6.07, 6.45) is 8.10. The molecule has 0 radical (unpaired) electrons. The third-order valence-electron chi connectivity index (χ3n) is 6.03. The highest BCUT2D eigenvalue weighted by atomic mass is 35.5. The summed E-state index contributed by atoms with van der Waals surface area (Å²) in [6, 6.07) is 0.163. The minimum atomic E-state index is 0. The van der Waals surface area contributed by atoms with E-state index in [2.05, 4.69) is 15.5 Å². The number of morpholine rings is 1. The Morgan fingerprint density at radius 2 is 1.96 bits per heavy atom. The van der Waals surface area contributed by atoms with E-state index < -0.39 is 0 Å². The standard InChI is InChI=1S/C18H33N3O3.2ClH/c1-23-16-4-9-21(10-5-16)18(6-2-3-7-18)14-20-17(22)12-15-13-24-11-8-19-15;;/h15-16,19H,2-14H2,1H3,(H,20,22);2*1H. The third kappa shape index (κ3) is 6.21. The van der Waals surface area contributed by atoms with Crippen LogP contribution in [0.15, 0.2) is 0 Å². The van der Waals surface area contributed by atoms with Crippen LogP contribution in [-0.4, -0.2) is 75.0 Å². The first-order chi connectivity index (χ1) is 11.7. The monoisotopic (exact) mass is 411 g/mol. The van der Waals surface area contributed by atoms with Gasteiger partial charge in [0.2, 0.25) is 5.91 Å². The van der Waals surface area contributed by atoms with Gasteiger partial charge < -0.3 is 20.1 Å². The Kier molecular flexibility index (Phi) is 10.7. The van der Waals surface area contributed by atoms with Crippen LogP contribution in [0.2, 0.25) is 0 Å². The van der Waals surface area contributed by atoms with Gasteiger partial charge in [-0.05, 0) is 25.7 Å². The molecule has 0 aromatic carbocycles. The van der Waals surface area contributed by atoms with E-state index in [9.17, 15) is 4.79 Å². The summed E-state index contributed by atoms with van der Waals surface area (Å²) in [7, 11) is 1.81. The van der Waals surface area contributed by atoms with Gasteiger partial charge in [0, 0.05) is 51.3 Å². The van der Waals surface area contributed by atoms with Gasteiger partial charge in [-0.25, -0.2) is 0 Å². The summed E-state index contributed by atoms with van der Waals surface area (Å²) in [5.41, 5.74) is 0.171. The number of piperidine rings is 1. The second-order valence-corrected chi connectivity index (χ2v) is 7.56. The van der Waals surface area contributed by atoms with E-state index in [0.29, 0.717) is 19.1 Å². The molecule has 2 aliphatic heterocycles. The van der Waals surface area contributed by atoms with Crippen molar-refractivity contribution in [2.45, 2.75) is 62.6 Å². The predicted molar refractivity (Wildman–Crippen MR) is 108 cm³/mol. The normalized spacial score (nSPS) is 26.6. The summed E-state index contributed by atoms with van der Waals surface area (Å²) in [6.45, 7) is 5.20. The third-order valence-corrected chi connectivity index (χ3v) is 6.03. The van der Waals surface area contributed by atoms with E-state index in [4.69, 9.17) is 9.47 Å². The molecule has 0 spiro atoms. The molecular formula is C18H35Cl2N3O3. The molecule has 1 saturated carbocycles. The molecule has 1 amide bonds. The zero-order valence-corrected chi connectivity index (χ0v) is 17.5. The number of nitrogens with one attached hydrogen (secondary N) is 2. The quantitative estimate of drug-likeness (QED) is 0.696. The van der Waals surface area contributed by atoms with Gasteiger partial charge in [0.1, 0.15) is 0 Å². The van der Waals surface area contributed by atoms with Gasteiger partial charge in [-0.3, -0.25) is 9.69 Å². The van der Waals surface area contributed by atoms with Crippen molar-refractivity contribution >= 4 is 30.7 Å². The van der Waals surface area contributed by atoms with Gasteiger partial charge in [0.25, 0.3) is 0 Å². The van der Waals surface area contributed by atoms with Crippen LogP contribution in [-0.2, 0) is 14.3 Å². The first kappa shape index (κ1) is 23.9. The molecule has 1 aliphatic carbocycles. The van der Waals surface area contributed by atoms with Crippen LogP contribution < -0.4 is 10.6 Å². The highest BCUT2D eigenvalue weighted by Gasteiger charge is 2.41. The van der Waals surface area contributed by atoms with E-state index in [1.807, 2.05) is 7.11 Å². The maximum absolute atomic E-state index is 12.3. The molecule has 3 rings (SSSR count). The number of halogens is 2. The number of carbonyl (C=O) groups is 1. The van der Waals surface area contributed by atoms with Gasteiger partial charge in [-0.15, -0.1) is 24.8 Å². The smallest absolute Gasteiger partial charge is 0.221 e. The Balaban J connectivity index is 0.00000169. The molecule has 6 nitrogen and oxygen atoms in total. The largest absolute Gasteiger partial charge is 0.381 e. The zero-order valence-electron chi connectivity index (χ0n) is 15.8. The molecule has 8 heteroatoms. The molecule has 2 saturated heterocycles. The average molecular weight is 412 g/mol. The number of methoxy groups -OCH3 is 1. The molecule has 2 N–H and O–H groups in total. The SMILES string of the molecule is COC1CCN(C2(CNC(=O)CC3COCCN3)CCCC2)CC1.Cl.Cl. The lowest BCUT2D eigenvalue weighted by atomic mass is 9.91. The highest BCUT2D eigenvalue weighted by Crippen LogP contribution is 2.36. The second-order valence-electron chi connectivity index (χ2n) is 7.56. The molecule has 0 bridgehead atoms. The number of ether oxygens (including phenoxy) is 2. The maximum Gasteiger partial charge on any atom is 0.221 e. The van der Waals surface area contributed by atoms with Crippen molar-refractivity contribution in [3.05, 3.63) is 0 Å². The fourth-order valence-corrected chi connectivity index (χ4v) is 4.51. The molecular weight excluding hydrogens is 377 g/mol. The molecule has 3 fully saturated rings. The Bertz CT molecular complexity index is 408. The average Bonchev–Trinajstić information content (AvgIpc) is 3.11. The number of carbonyl (C=O) groups excluding carboxylic acids is 1. The number of amides is 1. The lowest BCUT2D eigenvalue weighted by molar-refractivity contribution is -0.123. The van der Waals surface area contributed by atoms with Gasteiger partial charge in [0.15, 0.2) is 0 Å². The lowest BCUT2D eigenvalue weighted by Gasteiger charge is -2.45. The van der Waals surface area contributed by atoms with Gasteiger partial charge in [-0.2, -0.15) is 0 Å². The Morgan fingerprint density at radius 1 is 1.27 bits per heavy atom. The van der Waals surface area contributed by atoms with Crippen molar-refractivity contribution in [2.75, 3.05) is 46.5 Å². The number of hydrogen-bond acceptors (Lipinski definition) is 5. The van der Waals surface area contributed by atoms with Crippen LogP contribution in [0.5, 0.6) is 0 Å². The Labute approximate surface area is 169 Å². The summed E-state index contributed by atoms with van der Waals surface area (Å²) in [5.74, 6) is 0.149. The van der Waals surface area contributed by atoms with Crippen LogP contribution in [0.25, 0.3) is 0 Å². The lowest BCUT2D eigenvalue weighted by Crippen LogP contribution is -2.57. The fourth-order valence-electron chi connectivity index (χ4n) is 4.51. The summed E-state index contributed by atoms with van der Waals surface area (Å²) in [4.78, 5) is 15.0. The molecule has 0 aromatic rings. The highest BCUT2D eigenvalue weighted by molar-refractivity contribution is 5.85. The van der Waals surface area contributed by atoms with E-state index >= 15 is 0 Å². The first-order valence-corrected chi connectivity index (χ1v) is 9.57. The van der Waals surface area contributed by atoms with Crippen LogP contribution in [0.4, 0.5) is 0 Å². The maximum atomic E-state index is 12.3. The van der Waals surface area contributed by atoms with Crippen molar-refractivity contribution in [1.82, 2.24) is 15.5 Å². The number of rotatable bonds is 6. The van der Waals surface area contributed by atoms with Crippen LogP contribution in [0.1, 0.15) is 44.9 Å². The Morgan fingerprint density at radius 3 is 2.54 bits per heavy atom. The van der Waals surface area contributed by atoms with E-state index in [0.717, 1.165) is 45.6 Å². The van der Waals surface area contributed by atoms with Crippen LogP contribution in [0.3, 0.4) is 0 Å². The number of hydrogen-bond donors (Lipinski definition) is 2. The summed E-state index contributed by atoms with van der Waals surface area (Å²) in [5, 5.41) is 6.58. The van der Waals surface area contributed by atoms with Gasteiger partial charge in [0.05, 0.1) is 19.3 Å². The van der Waals surface area contributed by atoms with Crippen molar-refractivity contribution < 1.29 is 14.3 Å². The molecule has 2 heterocycles.